The summed E-state index contributed by atoms with van der Waals surface area (Å²) < 4.78 is 5.49. The fraction of sp³-hybridized carbons (Fsp3) is 0.692. The number of hydrogen-bond acceptors (Lipinski definition) is 3. The Morgan fingerprint density at radius 1 is 1.50 bits per heavy atom. The van der Waals surface area contributed by atoms with E-state index in [1.54, 1.807) is 0 Å². The molecule has 1 aliphatic rings. The average molecular weight is 239 g/mol. The number of ether oxygens (including phenoxy) is 1. The van der Waals surface area contributed by atoms with Gasteiger partial charge in [-0.2, -0.15) is 0 Å². The van der Waals surface area contributed by atoms with Gasteiger partial charge in [0.1, 0.15) is 0 Å². The molecule has 0 aliphatic carbocycles. The topological polar surface area (TPSA) is 21.3 Å². The molecule has 1 aliphatic heterocycles. The van der Waals surface area contributed by atoms with E-state index in [0.717, 1.165) is 13.2 Å². The van der Waals surface area contributed by atoms with Crippen molar-refractivity contribution in [3.8, 4) is 0 Å². The van der Waals surface area contributed by atoms with Gasteiger partial charge in [-0.3, -0.25) is 0 Å². The van der Waals surface area contributed by atoms with Crippen molar-refractivity contribution >= 4 is 11.3 Å². The van der Waals surface area contributed by atoms with Crippen LogP contribution in [0.15, 0.2) is 6.07 Å². The summed E-state index contributed by atoms with van der Waals surface area (Å²) in [6.45, 7) is 8.44. The molecule has 2 rings (SSSR count). The Bertz CT molecular complexity index is 342. The molecule has 1 N–H and O–H groups in total. The Morgan fingerprint density at radius 2 is 2.31 bits per heavy atom. The summed E-state index contributed by atoms with van der Waals surface area (Å²) in [5.74, 6) is 0. The first-order valence-corrected chi connectivity index (χ1v) is 6.89. The lowest BCUT2D eigenvalue weighted by atomic mass is 10.1. The minimum atomic E-state index is 0.441. The second-order valence-electron chi connectivity index (χ2n) is 4.67. The summed E-state index contributed by atoms with van der Waals surface area (Å²) in [5, 5.41) is 3.67. The fourth-order valence-electron chi connectivity index (χ4n) is 2.40. The number of rotatable bonds is 3. The highest BCUT2D eigenvalue weighted by molar-refractivity contribution is 7.12. The monoisotopic (exact) mass is 239 g/mol. The molecule has 0 bridgehead atoms. The molecule has 2 nitrogen and oxygen atoms in total. The first-order chi connectivity index (χ1) is 7.66. The summed E-state index contributed by atoms with van der Waals surface area (Å²) in [4.78, 5) is 2.84. The maximum Gasteiger partial charge on any atom is 0.0619 e. The SMILES string of the molecule is Cc1cc(C(C)NC2CCCOC2)c(C)s1. The summed E-state index contributed by atoms with van der Waals surface area (Å²) in [7, 11) is 0. The number of aryl methyl sites for hydroxylation is 2. The molecular formula is C13H21NOS. The maximum absolute atomic E-state index is 5.49. The van der Waals surface area contributed by atoms with E-state index in [4.69, 9.17) is 4.74 Å². The van der Waals surface area contributed by atoms with Gasteiger partial charge in [0.15, 0.2) is 0 Å². The van der Waals surface area contributed by atoms with Crippen LogP contribution in [0.4, 0.5) is 0 Å². The molecule has 0 aromatic carbocycles. The third kappa shape index (κ3) is 2.84. The van der Waals surface area contributed by atoms with Crippen molar-refractivity contribution in [1.82, 2.24) is 5.32 Å². The molecule has 0 amide bonds. The van der Waals surface area contributed by atoms with Gasteiger partial charge in [-0.25, -0.2) is 0 Å². The Morgan fingerprint density at radius 3 is 2.88 bits per heavy atom. The van der Waals surface area contributed by atoms with Crippen molar-refractivity contribution in [2.45, 2.75) is 45.7 Å². The average Bonchev–Trinajstić information content (AvgIpc) is 2.59. The number of thiophene rings is 1. The van der Waals surface area contributed by atoms with E-state index in [0.29, 0.717) is 12.1 Å². The minimum absolute atomic E-state index is 0.441. The van der Waals surface area contributed by atoms with Gasteiger partial charge < -0.3 is 10.1 Å². The van der Waals surface area contributed by atoms with Crippen molar-refractivity contribution in [1.29, 1.82) is 0 Å². The molecule has 0 radical (unpaired) electrons. The standard InChI is InChI=1S/C13H21NOS/c1-9-7-13(11(3)16-9)10(2)14-12-5-4-6-15-8-12/h7,10,12,14H,4-6,8H2,1-3H3. The maximum atomic E-state index is 5.49. The van der Waals surface area contributed by atoms with Crippen molar-refractivity contribution in [3.63, 3.8) is 0 Å². The Balaban J connectivity index is 1.96. The van der Waals surface area contributed by atoms with Gasteiger partial charge in [0.2, 0.25) is 0 Å². The van der Waals surface area contributed by atoms with Gasteiger partial charge in [-0.1, -0.05) is 0 Å². The van der Waals surface area contributed by atoms with Crippen LogP contribution in [0.5, 0.6) is 0 Å². The van der Waals surface area contributed by atoms with Crippen molar-refractivity contribution < 1.29 is 4.74 Å². The van der Waals surface area contributed by atoms with Crippen LogP contribution in [-0.4, -0.2) is 19.3 Å². The minimum Gasteiger partial charge on any atom is -0.380 e. The lowest BCUT2D eigenvalue weighted by Crippen LogP contribution is -2.38. The molecule has 0 saturated carbocycles. The van der Waals surface area contributed by atoms with Gasteiger partial charge in [0, 0.05) is 28.4 Å². The van der Waals surface area contributed by atoms with Crippen LogP contribution in [0.2, 0.25) is 0 Å². The lowest BCUT2D eigenvalue weighted by molar-refractivity contribution is 0.0671. The first-order valence-electron chi connectivity index (χ1n) is 6.07. The molecule has 0 spiro atoms. The first kappa shape index (κ1) is 12.1. The summed E-state index contributed by atoms with van der Waals surface area (Å²) in [6.07, 6.45) is 2.43. The number of nitrogens with one attached hydrogen (secondary N) is 1. The Labute approximate surface area is 102 Å². The van der Waals surface area contributed by atoms with Crippen LogP contribution in [-0.2, 0) is 4.74 Å². The summed E-state index contributed by atoms with van der Waals surface area (Å²) in [5.41, 5.74) is 1.45. The zero-order valence-corrected chi connectivity index (χ0v) is 11.2. The fourth-order valence-corrected chi connectivity index (χ4v) is 3.42. The van der Waals surface area contributed by atoms with Gasteiger partial charge in [-0.05, 0) is 45.2 Å². The van der Waals surface area contributed by atoms with Crippen LogP contribution in [0.3, 0.4) is 0 Å². The normalized spacial score (nSPS) is 23.3. The highest BCUT2D eigenvalue weighted by Crippen LogP contribution is 2.26. The highest BCUT2D eigenvalue weighted by atomic mass is 32.1. The van der Waals surface area contributed by atoms with E-state index in [-0.39, 0.29) is 0 Å². The van der Waals surface area contributed by atoms with Crippen molar-refractivity contribution in [3.05, 3.63) is 21.4 Å². The second kappa shape index (κ2) is 5.30. The quantitative estimate of drug-likeness (QED) is 0.874. The predicted molar refractivity (Wildman–Crippen MR) is 69.2 cm³/mol. The van der Waals surface area contributed by atoms with E-state index >= 15 is 0 Å². The van der Waals surface area contributed by atoms with Gasteiger partial charge in [0.25, 0.3) is 0 Å². The predicted octanol–water partition coefficient (Wildman–Crippen LogP) is 3.19. The van der Waals surface area contributed by atoms with Gasteiger partial charge >= 0.3 is 0 Å². The van der Waals surface area contributed by atoms with E-state index < -0.39 is 0 Å². The van der Waals surface area contributed by atoms with Crippen LogP contribution in [0, 0.1) is 13.8 Å². The zero-order chi connectivity index (χ0) is 11.5. The largest absolute Gasteiger partial charge is 0.380 e. The van der Waals surface area contributed by atoms with E-state index in [1.807, 2.05) is 11.3 Å². The smallest absolute Gasteiger partial charge is 0.0619 e. The van der Waals surface area contributed by atoms with Crippen molar-refractivity contribution in [2.75, 3.05) is 13.2 Å². The van der Waals surface area contributed by atoms with E-state index in [9.17, 15) is 0 Å². The van der Waals surface area contributed by atoms with Crippen molar-refractivity contribution in [2.24, 2.45) is 0 Å². The van der Waals surface area contributed by atoms with Gasteiger partial charge in [0.05, 0.1) is 6.61 Å². The zero-order valence-electron chi connectivity index (χ0n) is 10.4. The molecule has 2 unspecified atom stereocenters. The van der Waals surface area contributed by atoms with Crippen LogP contribution >= 0.6 is 11.3 Å². The van der Waals surface area contributed by atoms with Gasteiger partial charge in [-0.15, -0.1) is 11.3 Å². The molecule has 90 valence electrons. The lowest BCUT2D eigenvalue weighted by Gasteiger charge is -2.26. The highest BCUT2D eigenvalue weighted by Gasteiger charge is 2.18. The molecule has 2 atom stereocenters. The molecule has 16 heavy (non-hydrogen) atoms. The summed E-state index contributed by atoms with van der Waals surface area (Å²) >= 11 is 1.89. The van der Waals surface area contributed by atoms with Crippen LogP contribution < -0.4 is 5.32 Å². The Hall–Kier alpha value is -0.380. The second-order valence-corrected chi connectivity index (χ2v) is 6.13. The summed E-state index contributed by atoms with van der Waals surface area (Å²) in [6, 6.07) is 3.28. The molecular weight excluding hydrogens is 218 g/mol. The Kier molecular flexibility index (Phi) is 4.00. The molecule has 1 aromatic rings. The van der Waals surface area contributed by atoms with E-state index in [2.05, 4.69) is 32.2 Å². The van der Waals surface area contributed by atoms with E-state index in [1.165, 1.54) is 28.2 Å². The third-order valence-corrected chi connectivity index (χ3v) is 4.17. The third-order valence-electron chi connectivity index (χ3n) is 3.19. The molecule has 2 heterocycles. The molecule has 1 aromatic heterocycles. The molecule has 1 saturated heterocycles. The molecule has 3 heteroatoms. The number of hydrogen-bond donors (Lipinski definition) is 1. The van der Waals surface area contributed by atoms with Crippen LogP contribution in [0.25, 0.3) is 0 Å². The van der Waals surface area contributed by atoms with Crippen LogP contribution in [0.1, 0.15) is 41.1 Å². The molecule has 1 fully saturated rings.